The van der Waals surface area contributed by atoms with Crippen LogP contribution in [0.2, 0.25) is 0 Å². The first-order valence-electron chi connectivity index (χ1n) is 6.17. The Kier molecular flexibility index (Phi) is 5.16. The van der Waals surface area contributed by atoms with Crippen LogP contribution in [0, 0.1) is 0 Å². The van der Waals surface area contributed by atoms with Crippen molar-refractivity contribution in [2.24, 2.45) is 5.84 Å². The van der Waals surface area contributed by atoms with Crippen LogP contribution in [0.5, 0.6) is 5.75 Å². The zero-order chi connectivity index (χ0) is 13.6. The summed E-state index contributed by atoms with van der Waals surface area (Å²) in [6, 6.07) is 8.00. The number of hydrogen-bond acceptors (Lipinski definition) is 3. The fourth-order valence-electron chi connectivity index (χ4n) is 1.70. The molecule has 4 heteroatoms. The third kappa shape index (κ3) is 4.37. The van der Waals surface area contributed by atoms with Gasteiger partial charge in [0.15, 0.2) is 0 Å². The molecule has 0 aromatic heterocycles. The lowest BCUT2D eigenvalue weighted by Crippen LogP contribution is -2.30. The minimum atomic E-state index is -0.164. The molecule has 0 spiro atoms. The molecule has 4 nitrogen and oxygen atoms in total. The van der Waals surface area contributed by atoms with Crippen LogP contribution in [0.4, 0.5) is 0 Å². The number of carbonyl (C=O) groups is 1. The zero-order valence-corrected chi connectivity index (χ0v) is 11.3. The maximum atomic E-state index is 11.0. The zero-order valence-electron chi connectivity index (χ0n) is 11.3. The minimum absolute atomic E-state index is 0.0469. The average molecular weight is 250 g/mol. The van der Waals surface area contributed by atoms with Gasteiger partial charge in [-0.2, -0.15) is 0 Å². The van der Waals surface area contributed by atoms with Crippen LogP contribution in [0.15, 0.2) is 24.3 Å². The van der Waals surface area contributed by atoms with Crippen molar-refractivity contribution < 1.29 is 9.53 Å². The average Bonchev–Trinajstić information content (AvgIpc) is 2.33. The lowest BCUT2D eigenvalue weighted by molar-refractivity contribution is -0.121. The Hall–Kier alpha value is -1.55. The van der Waals surface area contributed by atoms with Gasteiger partial charge in [-0.15, -0.1) is 0 Å². The molecule has 0 saturated heterocycles. The molecule has 0 radical (unpaired) electrons. The molecule has 0 unspecified atom stereocenters. The molecule has 0 atom stereocenters. The van der Waals surface area contributed by atoms with Crippen LogP contribution in [0.3, 0.4) is 0 Å². The van der Waals surface area contributed by atoms with Crippen molar-refractivity contribution in [1.29, 1.82) is 0 Å². The molecule has 0 bridgehead atoms. The van der Waals surface area contributed by atoms with Crippen molar-refractivity contribution >= 4 is 5.91 Å². The summed E-state index contributed by atoms with van der Waals surface area (Å²) in [5.41, 5.74) is 3.33. The van der Waals surface area contributed by atoms with Gasteiger partial charge in [-0.05, 0) is 23.5 Å². The fourth-order valence-corrected chi connectivity index (χ4v) is 1.70. The minimum Gasteiger partial charge on any atom is -0.493 e. The van der Waals surface area contributed by atoms with Gasteiger partial charge in [0.25, 0.3) is 0 Å². The standard InChI is InChI=1S/C14H22N2O2/c1-14(2,3)11-7-4-5-8-12(11)18-10-6-9-13(17)16-15/h4-5,7-8H,6,9-10,15H2,1-3H3,(H,16,17). The van der Waals surface area contributed by atoms with Crippen molar-refractivity contribution in [3.63, 3.8) is 0 Å². The van der Waals surface area contributed by atoms with Gasteiger partial charge in [0, 0.05) is 6.42 Å². The predicted molar refractivity (Wildman–Crippen MR) is 72.2 cm³/mol. The quantitative estimate of drug-likeness (QED) is 0.364. The summed E-state index contributed by atoms with van der Waals surface area (Å²) in [4.78, 5) is 11.0. The first-order chi connectivity index (χ1) is 8.45. The highest BCUT2D eigenvalue weighted by molar-refractivity contribution is 5.75. The Morgan fingerprint density at radius 3 is 2.61 bits per heavy atom. The second-order valence-electron chi connectivity index (χ2n) is 5.27. The van der Waals surface area contributed by atoms with E-state index in [9.17, 15) is 4.79 Å². The van der Waals surface area contributed by atoms with Crippen molar-refractivity contribution in [2.45, 2.75) is 39.0 Å². The molecule has 3 N–H and O–H groups in total. The van der Waals surface area contributed by atoms with Gasteiger partial charge in [0.2, 0.25) is 5.91 Å². The first-order valence-corrected chi connectivity index (χ1v) is 6.17. The highest BCUT2D eigenvalue weighted by Gasteiger charge is 2.18. The van der Waals surface area contributed by atoms with Crippen LogP contribution in [0.25, 0.3) is 0 Å². The molecule has 0 heterocycles. The number of benzene rings is 1. The Labute approximate surface area is 108 Å². The molecular formula is C14H22N2O2. The lowest BCUT2D eigenvalue weighted by atomic mass is 9.86. The van der Waals surface area contributed by atoms with Crippen LogP contribution >= 0.6 is 0 Å². The van der Waals surface area contributed by atoms with E-state index in [1.54, 1.807) is 0 Å². The van der Waals surface area contributed by atoms with Crippen LogP contribution < -0.4 is 16.0 Å². The molecule has 0 aliphatic heterocycles. The maximum Gasteiger partial charge on any atom is 0.234 e. The number of nitrogens with two attached hydrogens (primary N) is 1. The highest BCUT2D eigenvalue weighted by atomic mass is 16.5. The monoisotopic (exact) mass is 250 g/mol. The molecule has 0 aliphatic rings. The van der Waals surface area contributed by atoms with Gasteiger partial charge in [-0.25, -0.2) is 5.84 Å². The Bertz CT molecular complexity index is 397. The van der Waals surface area contributed by atoms with Crippen molar-refractivity contribution in [1.82, 2.24) is 5.43 Å². The van der Waals surface area contributed by atoms with Crippen LogP contribution in [-0.2, 0) is 10.2 Å². The topological polar surface area (TPSA) is 64.3 Å². The van der Waals surface area contributed by atoms with Crippen LogP contribution in [0.1, 0.15) is 39.2 Å². The lowest BCUT2D eigenvalue weighted by Gasteiger charge is -2.22. The third-order valence-corrected chi connectivity index (χ3v) is 2.66. The van der Waals surface area contributed by atoms with Gasteiger partial charge in [-0.3, -0.25) is 10.2 Å². The van der Waals surface area contributed by atoms with Gasteiger partial charge in [-0.1, -0.05) is 39.0 Å². The number of para-hydroxylation sites is 1. The number of rotatable bonds is 5. The largest absolute Gasteiger partial charge is 0.493 e. The molecule has 18 heavy (non-hydrogen) atoms. The van der Waals surface area contributed by atoms with Gasteiger partial charge >= 0.3 is 0 Å². The first kappa shape index (κ1) is 14.5. The van der Waals surface area contributed by atoms with E-state index in [0.717, 1.165) is 5.75 Å². The summed E-state index contributed by atoms with van der Waals surface area (Å²) >= 11 is 0. The maximum absolute atomic E-state index is 11.0. The number of ether oxygens (including phenoxy) is 1. The summed E-state index contributed by atoms with van der Waals surface area (Å²) in [7, 11) is 0. The number of amides is 1. The summed E-state index contributed by atoms with van der Waals surface area (Å²) in [6.45, 7) is 6.96. The van der Waals surface area contributed by atoms with E-state index in [-0.39, 0.29) is 11.3 Å². The number of carbonyl (C=O) groups excluding carboxylic acids is 1. The second kappa shape index (κ2) is 6.40. The van der Waals surface area contributed by atoms with Gasteiger partial charge in [0.1, 0.15) is 5.75 Å². The van der Waals surface area contributed by atoms with E-state index in [4.69, 9.17) is 10.6 Å². The Balaban J connectivity index is 2.55. The molecule has 0 saturated carbocycles. The number of nitrogens with one attached hydrogen (secondary N) is 1. The molecule has 100 valence electrons. The molecule has 1 amide bonds. The molecule has 0 fully saturated rings. The van der Waals surface area contributed by atoms with E-state index in [1.807, 2.05) is 18.2 Å². The SMILES string of the molecule is CC(C)(C)c1ccccc1OCCCC(=O)NN. The van der Waals surface area contributed by atoms with Crippen molar-refractivity contribution in [3.05, 3.63) is 29.8 Å². The summed E-state index contributed by atoms with van der Waals surface area (Å²) in [5, 5.41) is 0. The van der Waals surface area contributed by atoms with Crippen LogP contribution in [-0.4, -0.2) is 12.5 Å². The normalized spacial score (nSPS) is 11.1. The Morgan fingerprint density at radius 1 is 1.33 bits per heavy atom. The van der Waals surface area contributed by atoms with Gasteiger partial charge < -0.3 is 4.74 Å². The van der Waals surface area contributed by atoms with Crippen molar-refractivity contribution in [3.8, 4) is 5.75 Å². The molecule has 1 rings (SSSR count). The molecule has 1 aromatic carbocycles. The van der Waals surface area contributed by atoms with Gasteiger partial charge in [0.05, 0.1) is 6.61 Å². The molecule has 0 aliphatic carbocycles. The van der Waals surface area contributed by atoms with Crippen molar-refractivity contribution in [2.75, 3.05) is 6.61 Å². The van der Waals surface area contributed by atoms with E-state index >= 15 is 0 Å². The fraction of sp³-hybridized carbons (Fsp3) is 0.500. The summed E-state index contributed by atoms with van der Waals surface area (Å²) < 4.78 is 5.74. The van der Waals surface area contributed by atoms with E-state index in [0.29, 0.717) is 19.4 Å². The Morgan fingerprint density at radius 2 is 2.00 bits per heavy atom. The molecular weight excluding hydrogens is 228 g/mol. The number of hydrogen-bond donors (Lipinski definition) is 2. The summed E-state index contributed by atoms with van der Waals surface area (Å²) in [5.74, 6) is 5.73. The third-order valence-electron chi connectivity index (χ3n) is 2.66. The summed E-state index contributed by atoms with van der Waals surface area (Å²) in [6.07, 6.45) is 1.04. The highest BCUT2D eigenvalue weighted by Crippen LogP contribution is 2.30. The molecule has 1 aromatic rings. The van der Waals surface area contributed by atoms with E-state index < -0.39 is 0 Å². The number of hydrazine groups is 1. The van der Waals surface area contributed by atoms with E-state index in [1.165, 1.54) is 5.56 Å². The predicted octanol–water partition coefficient (Wildman–Crippen LogP) is 2.13. The van der Waals surface area contributed by atoms with E-state index in [2.05, 4.69) is 32.3 Å². The second-order valence-corrected chi connectivity index (χ2v) is 5.27. The smallest absolute Gasteiger partial charge is 0.234 e.